The molecule has 2 heterocycles. The molecule has 2 N–H and O–H groups in total. The van der Waals surface area contributed by atoms with Crippen molar-refractivity contribution in [3.63, 3.8) is 0 Å². The highest BCUT2D eigenvalue weighted by molar-refractivity contribution is 6.00. The molecule has 234 valence electrons. The molecule has 1 saturated carbocycles. The Balaban J connectivity index is 0.00000423. The molecule has 1 unspecified atom stereocenters. The van der Waals surface area contributed by atoms with Crippen LogP contribution in [0.4, 0.5) is 0 Å². The molecule has 0 bridgehead atoms. The van der Waals surface area contributed by atoms with Crippen LogP contribution in [0.3, 0.4) is 0 Å². The van der Waals surface area contributed by atoms with Gasteiger partial charge in [0, 0.05) is 38.8 Å². The van der Waals surface area contributed by atoms with Crippen molar-refractivity contribution in [1.29, 1.82) is 0 Å². The molecular weight excluding hydrogens is 564 g/mol. The summed E-state index contributed by atoms with van der Waals surface area (Å²) >= 11 is 0. The number of piperazine rings is 1. The van der Waals surface area contributed by atoms with E-state index < -0.39 is 5.54 Å². The van der Waals surface area contributed by atoms with Crippen LogP contribution in [0.2, 0.25) is 0 Å². The first-order valence-electron chi connectivity index (χ1n) is 15.9. The summed E-state index contributed by atoms with van der Waals surface area (Å²) in [5.41, 5.74) is 1.04. The molecule has 5 rings (SSSR count). The van der Waals surface area contributed by atoms with Crippen molar-refractivity contribution in [1.82, 2.24) is 20.4 Å². The highest BCUT2D eigenvalue weighted by atomic mass is 35.5. The first-order valence-corrected chi connectivity index (χ1v) is 15.9. The van der Waals surface area contributed by atoms with Gasteiger partial charge in [0.2, 0.25) is 11.8 Å². The Morgan fingerprint density at radius 1 is 0.977 bits per heavy atom. The van der Waals surface area contributed by atoms with Crippen LogP contribution in [0.1, 0.15) is 87.1 Å². The lowest BCUT2D eigenvalue weighted by molar-refractivity contribution is -0.162. The van der Waals surface area contributed by atoms with Crippen LogP contribution in [-0.2, 0) is 16.1 Å². The van der Waals surface area contributed by atoms with E-state index >= 15 is 0 Å². The van der Waals surface area contributed by atoms with Gasteiger partial charge in [-0.2, -0.15) is 0 Å². The number of piperidine rings is 1. The second-order valence-electron chi connectivity index (χ2n) is 12.3. The molecule has 2 aromatic rings. The summed E-state index contributed by atoms with van der Waals surface area (Å²) in [4.78, 5) is 43.6. The topological polar surface area (TPSA) is 91.0 Å². The molecule has 3 amide bonds. The molecule has 1 spiro atoms. The fraction of sp³-hybridized carbons (Fsp3) is 0.559. The zero-order chi connectivity index (χ0) is 29.5. The number of halogens is 1. The van der Waals surface area contributed by atoms with Gasteiger partial charge in [-0.25, -0.2) is 0 Å². The van der Waals surface area contributed by atoms with Gasteiger partial charge >= 0.3 is 0 Å². The van der Waals surface area contributed by atoms with Crippen molar-refractivity contribution in [3.05, 3.63) is 59.7 Å². The number of amides is 3. The minimum absolute atomic E-state index is 0. The molecule has 2 aliphatic heterocycles. The summed E-state index contributed by atoms with van der Waals surface area (Å²) in [6, 6.07) is 14.7. The maximum atomic E-state index is 13.8. The monoisotopic (exact) mass is 610 g/mol. The molecule has 1 atom stereocenters. The van der Waals surface area contributed by atoms with E-state index in [4.69, 9.17) is 4.74 Å². The van der Waals surface area contributed by atoms with Crippen LogP contribution in [0, 0.1) is 5.92 Å². The van der Waals surface area contributed by atoms with Gasteiger partial charge in [0.05, 0.1) is 0 Å². The second kappa shape index (κ2) is 15.1. The molecule has 9 heteroatoms. The van der Waals surface area contributed by atoms with E-state index in [0.29, 0.717) is 36.6 Å². The highest BCUT2D eigenvalue weighted by Crippen LogP contribution is 2.36. The van der Waals surface area contributed by atoms with Gasteiger partial charge in [0.1, 0.15) is 23.1 Å². The Kier molecular flexibility index (Phi) is 11.5. The number of unbranched alkanes of at least 4 members (excludes halogenated alkanes) is 1. The largest absolute Gasteiger partial charge is 0.457 e. The number of rotatable bonds is 10. The lowest BCUT2D eigenvalue weighted by atomic mass is 9.79. The summed E-state index contributed by atoms with van der Waals surface area (Å²) < 4.78 is 5.96. The number of nitrogens with one attached hydrogen (secondary N) is 2. The number of benzene rings is 2. The van der Waals surface area contributed by atoms with Gasteiger partial charge in [0.15, 0.2) is 0 Å². The molecule has 2 aromatic carbocycles. The quantitative estimate of drug-likeness (QED) is 0.361. The Morgan fingerprint density at radius 3 is 2.21 bits per heavy atom. The van der Waals surface area contributed by atoms with Crippen molar-refractivity contribution in [2.45, 2.75) is 89.3 Å². The summed E-state index contributed by atoms with van der Waals surface area (Å²) in [7, 11) is 1.61. The van der Waals surface area contributed by atoms with Gasteiger partial charge in [-0.05, 0) is 73.6 Å². The summed E-state index contributed by atoms with van der Waals surface area (Å²) in [6.07, 6.45) is 10.2. The van der Waals surface area contributed by atoms with Crippen molar-refractivity contribution in [2.24, 2.45) is 5.92 Å². The minimum atomic E-state index is -0.725. The van der Waals surface area contributed by atoms with Crippen molar-refractivity contribution in [3.8, 4) is 11.5 Å². The summed E-state index contributed by atoms with van der Waals surface area (Å²) in [5.74, 6) is 2.02. The number of carbonyl (C=O) groups is 3. The van der Waals surface area contributed by atoms with Crippen LogP contribution in [-0.4, -0.2) is 65.8 Å². The summed E-state index contributed by atoms with van der Waals surface area (Å²) in [5, 5.41) is 5.82. The second-order valence-corrected chi connectivity index (χ2v) is 12.3. The SMILES string of the molecule is CCCCN1C(=O)C(CC2CCCCC2)NC(=O)C12CCN(Cc1ccc(Oc3ccc(C(=O)NC)cc3)cc1)CC2.Cl. The Labute approximate surface area is 262 Å². The smallest absolute Gasteiger partial charge is 0.251 e. The maximum Gasteiger partial charge on any atom is 0.251 e. The lowest BCUT2D eigenvalue weighted by Crippen LogP contribution is -2.73. The van der Waals surface area contributed by atoms with E-state index in [1.54, 1.807) is 31.3 Å². The van der Waals surface area contributed by atoms with Gasteiger partial charge in [0.25, 0.3) is 5.91 Å². The number of hydrogen-bond acceptors (Lipinski definition) is 5. The molecule has 0 radical (unpaired) electrons. The Morgan fingerprint density at radius 2 is 1.60 bits per heavy atom. The standard InChI is InChI=1S/C34H46N4O4.ClH/c1-3-4-20-38-32(40)30(23-25-8-6-5-7-9-25)36-33(41)34(38)18-21-37(22-19-34)24-26-10-14-28(15-11-26)42-29-16-12-27(13-17-29)31(39)35-2;/h10-17,25,30H,3-9,18-24H2,1-2H3,(H,35,39)(H,36,41);1H. The van der Waals surface area contributed by atoms with E-state index in [9.17, 15) is 14.4 Å². The zero-order valence-electron chi connectivity index (χ0n) is 25.6. The third-order valence-electron chi connectivity index (χ3n) is 9.43. The molecule has 1 aliphatic carbocycles. The summed E-state index contributed by atoms with van der Waals surface area (Å²) in [6.45, 7) is 5.13. The average molecular weight is 611 g/mol. The molecule has 3 fully saturated rings. The first-order chi connectivity index (χ1) is 20.4. The van der Waals surface area contributed by atoms with Crippen LogP contribution >= 0.6 is 12.4 Å². The van der Waals surface area contributed by atoms with Gasteiger partial charge < -0.3 is 20.3 Å². The third kappa shape index (κ3) is 7.71. The van der Waals surface area contributed by atoms with Crippen molar-refractivity contribution < 1.29 is 19.1 Å². The van der Waals surface area contributed by atoms with Crippen molar-refractivity contribution >= 4 is 30.1 Å². The fourth-order valence-electron chi connectivity index (χ4n) is 6.89. The van der Waals surface area contributed by atoms with Crippen LogP contribution in [0.15, 0.2) is 48.5 Å². The lowest BCUT2D eigenvalue weighted by Gasteiger charge is -2.52. The minimum Gasteiger partial charge on any atom is -0.457 e. The first kappa shape index (κ1) is 32.8. The van der Waals surface area contributed by atoms with Crippen LogP contribution < -0.4 is 15.4 Å². The Bertz CT molecular complexity index is 1220. The Hall–Kier alpha value is -3.10. The fourth-order valence-corrected chi connectivity index (χ4v) is 6.89. The predicted octanol–water partition coefficient (Wildman–Crippen LogP) is 5.69. The number of hydrogen-bond donors (Lipinski definition) is 2. The average Bonchev–Trinajstić information content (AvgIpc) is 3.02. The molecule has 8 nitrogen and oxygen atoms in total. The van der Waals surface area contributed by atoms with Gasteiger partial charge in [-0.15, -0.1) is 12.4 Å². The van der Waals surface area contributed by atoms with E-state index in [0.717, 1.165) is 44.6 Å². The molecule has 3 aliphatic rings. The highest BCUT2D eigenvalue weighted by Gasteiger charge is 2.53. The molecule has 43 heavy (non-hydrogen) atoms. The van der Waals surface area contributed by atoms with Gasteiger partial charge in [-0.3, -0.25) is 19.3 Å². The van der Waals surface area contributed by atoms with Crippen LogP contribution in [0.5, 0.6) is 11.5 Å². The maximum absolute atomic E-state index is 13.8. The van der Waals surface area contributed by atoms with E-state index in [2.05, 4.69) is 34.6 Å². The number of nitrogens with zero attached hydrogens (tertiary/aromatic N) is 2. The number of ether oxygens (including phenoxy) is 1. The molecule has 0 aromatic heterocycles. The van der Waals surface area contributed by atoms with Crippen LogP contribution in [0.25, 0.3) is 0 Å². The van der Waals surface area contributed by atoms with Crippen molar-refractivity contribution in [2.75, 3.05) is 26.7 Å². The molecular formula is C34H47ClN4O4. The van der Waals surface area contributed by atoms with Gasteiger partial charge in [-0.1, -0.05) is 57.6 Å². The van der Waals surface area contributed by atoms with E-state index in [-0.39, 0.29) is 36.2 Å². The number of carbonyl (C=O) groups excluding carboxylic acids is 3. The van der Waals surface area contributed by atoms with E-state index in [1.165, 1.54) is 37.7 Å². The zero-order valence-corrected chi connectivity index (χ0v) is 26.4. The third-order valence-corrected chi connectivity index (χ3v) is 9.43. The predicted molar refractivity (Wildman–Crippen MR) is 171 cm³/mol. The van der Waals surface area contributed by atoms with E-state index in [1.807, 2.05) is 17.0 Å². The number of likely N-dealkylation sites (tertiary alicyclic amines) is 1. The normalized spacial score (nSPS) is 20.8. The molecule has 2 saturated heterocycles.